The molecule has 1 aliphatic rings. The van der Waals surface area contributed by atoms with Crippen LogP contribution in [0.2, 0.25) is 5.02 Å². The average Bonchev–Trinajstić information content (AvgIpc) is 3.04. The minimum atomic E-state index is -0.470. The van der Waals surface area contributed by atoms with Gasteiger partial charge in [0.1, 0.15) is 17.2 Å². The first-order chi connectivity index (χ1) is 15.4. The van der Waals surface area contributed by atoms with Crippen LogP contribution in [0.15, 0.2) is 72.4 Å². The van der Waals surface area contributed by atoms with E-state index >= 15 is 0 Å². The number of methoxy groups -OCH3 is 2. The Morgan fingerprint density at radius 2 is 1.53 bits per heavy atom. The third kappa shape index (κ3) is 3.92. The number of ether oxygens (including phenoxy) is 2. The van der Waals surface area contributed by atoms with E-state index in [1.807, 2.05) is 31.2 Å². The summed E-state index contributed by atoms with van der Waals surface area (Å²) in [5, 5.41) is 3.43. The zero-order valence-electron chi connectivity index (χ0n) is 17.8. The molecule has 32 heavy (non-hydrogen) atoms. The van der Waals surface area contributed by atoms with Crippen LogP contribution in [0.1, 0.15) is 11.1 Å². The number of amides is 2. The Kier molecular flexibility index (Phi) is 5.88. The van der Waals surface area contributed by atoms with Crippen LogP contribution in [0.25, 0.3) is 5.57 Å². The van der Waals surface area contributed by atoms with Gasteiger partial charge in [-0.3, -0.25) is 9.59 Å². The van der Waals surface area contributed by atoms with Crippen molar-refractivity contribution in [3.05, 3.63) is 88.6 Å². The summed E-state index contributed by atoms with van der Waals surface area (Å²) in [6, 6.07) is 19.4. The number of nitrogens with one attached hydrogen (secondary N) is 1. The molecule has 1 aliphatic heterocycles. The molecule has 4 rings (SSSR count). The van der Waals surface area contributed by atoms with E-state index in [2.05, 4.69) is 5.32 Å². The highest BCUT2D eigenvalue weighted by Crippen LogP contribution is 2.36. The predicted octanol–water partition coefficient (Wildman–Crippen LogP) is 5.06. The van der Waals surface area contributed by atoms with Crippen molar-refractivity contribution in [1.82, 2.24) is 0 Å². The maximum Gasteiger partial charge on any atom is 0.282 e. The Morgan fingerprint density at radius 3 is 2.12 bits per heavy atom. The van der Waals surface area contributed by atoms with Crippen molar-refractivity contribution in [3.63, 3.8) is 0 Å². The van der Waals surface area contributed by atoms with Crippen LogP contribution >= 0.6 is 11.6 Å². The fraction of sp³-hybridized carbons (Fsp3) is 0.120. The van der Waals surface area contributed by atoms with E-state index in [1.165, 1.54) is 7.11 Å². The quantitative estimate of drug-likeness (QED) is 0.534. The monoisotopic (exact) mass is 448 g/mol. The van der Waals surface area contributed by atoms with Gasteiger partial charge in [0, 0.05) is 5.69 Å². The van der Waals surface area contributed by atoms with Crippen LogP contribution in [0.3, 0.4) is 0 Å². The van der Waals surface area contributed by atoms with E-state index in [4.69, 9.17) is 21.1 Å². The van der Waals surface area contributed by atoms with Crippen molar-refractivity contribution in [2.45, 2.75) is 6.92 Å². The van der Waals surface area contributed by atoms with Gasteiger partial charge in [0.2, 0.25) is 0 Å². The van der Waals surface area contributed by atoms with Gasteiger partial charge in [-0.05, 0) is 55.0 Å². The zero-order chi connectivity index (χ0) is 22.8. The van der Waals surface area contributed by atoms with E-state index in [0.717, 1.165) is 10.5 Å². The number of benzene rings is 3. The lowest BCUT2D eigenvalue weighted by molar-refractivity contribution is -0.120. The van der Waals surface area contributed by atoms with Crippen LogP contribution in [0, 0.1) is 6.92 Å². The van der Waals surface area contributed by atoms with Gasteiger partial charge in [-0.25, -0.2) is 4.90 Å². The number of anilines is 2. The molecule has 0 atom stereocenters. The van der Waals surface area contributed by atoms with Gasteiger partial charge in [0.15, 0.2) is 0 Å². The molecule has 162 valence electrons. The van der Waals surface area contributed by atoms with Crippen LogP contribution in [-0.2, 0) is 9.59 Å². The fourth-order valence-electron chi connectivity index (χ4n) is 3.48. The first-order valence-corrected chi connectivity index (χ1v) is 10.3. The molecular formula is C25H21ClN2O4. The van der Waals surface area contributed by atoms with Gasteiger partial charge in [-0.1, -0.05) is 41.4 Å². The average molecular weight is 449 g/mol. The molecule has 0 bridgehead atoms. The molecular weight excluding hydrogens is 428 g/mol. The summed E-state index contributed by atoms with van der Waals surface area (Å²) < 4.78 is 10.4. The Balaban J connectivity index is 1.78. The summed E-state index contributed by atoms with van der Waals surface area (Å²) in [7, 11) is 3.08. The molecule has 0 saturated carbocycles. The van der Waals surface area contributed by atoms with Crippen molar-refractivity contribution in [2.75, 3.05) is 24.4 Å². The molecule has 7 heteroatoms. The summed E-state index contributed by atoms with van der Waals surface area (Å²) in [4.78, 5) is 28.0. The molecule has 0 aromatic heterocycles. The van der Waals surface area contributed by atoms with Crippen LogP contribution in [0.4, 0.5) is 11.4 Å². The number of imide groups is 1. The SMILES string of the molecule is COc1ccc(NC2=C(c3ccc(C)cc3)C(=O)N(c3ccc(OC)c(Cl)c3)C2=O)cc1. The molecule has 0 unspecified atom stereocenters. The summed E-state index contributed by atoms with van der Waals surface area (Å²) in [6.07, 6.45) is 0. The number of rotatable bonds is 6. The van der Waals surface area contributed by atoms with Crippen LogP contribution in [-0.4, -0.2) is 26.0 Å². The van der Waals surface area contributed by atoms with Crippen molar-refractivity contribution < 1.29 is 19.1 Å². The molecule has 3 aromatic carbocycles. The first kappa shape index (κ1) is 21.5. The summed E-state index contributed by atoms with van der Waals surface area (Å²) in [6.45, 7) is 1.96. The van der Waals surface area contributed by atoms with Crippen molar-refractivity contribution in [1.29, 1.82) is 0 Å². The van der Waals surface area contributed by atoms with E-state index in [9.17, 15) is 9.59 Å². The van der Waals surface area contributed by atoms with Crippen molar-refractivity contribution in [3.8, 4) is 11.5 Å². The Labute approximate surface area is 191 Å². The summed E-state index contributed by atoms with van der Waals surface area (Å²) in [5.74, 6) is 0.239. The molecule has 0 saturated heterocycles. The van der Waals surface area contributed by atoms with E-state index in [0.29, 0.717) is 33.5 Å². The number of hydrogen-bond donors (Lipinski definition) is 1. The number of aryl methyl sites for hydroxylation is 1. The number of carbonyl (C=O) groups excluding carboxylic acids is 2. The highest BCUT2D eigenvalue weighted by Gasteiger charge is 2.40. The topological polar surface area (TPSA) is 67.9 Å². The predicted molar refractivity (Wildman–Crippen MR) is 125 cm³/mol. The highest BCUT2D eigenvalue weighted by molar-refractivity contribution is 6.46. The second-order valence-electron chi connectivity index (χ2n) is 7.23. The lowest BCUT2D eigenvalue weighted by Crippen LogP contribution is -2.32. The van der Waals surface area contributed by atoms with E-state index < -0.39 is 11.8 Å². The Morgan fingerprint density at radius 1 is 0.844 bits per heavy atom. The standard InChI is InChI=1S/C25H21ClN2O4/c1-15-4-6-16(7-5-15)22-23(27-17-8-11-19(31-2)12-9-17)25(30)28(24(22)29)18-10-13-21(32-3)20(26)14-18/h4-14,27H,1-3H3. The second kappa shape index (κ2) is 8.77. The van der Waals surface area contributed by atoms with Gasteiger partial charge in [-0.2, -0.15) is 0 Å². The lowest BCUT2D eigenvalue weighted by Gasteiger charge is -2.16. The van der Waals surface area contributed by atoms with Crippen molar-refractivity contribution in [2.24, 2.45) is 0 Å². The third-order valence-electron chi connectivity index (χ3n) is 5.18. The number of carbonyl (C=O) groups is 2. The molecule has 6 nitrogen and oxygen atoms in total. The molecule has 1 heterocycles. The number of halogens is 1. The highest BCUT2D eigenvalue weighted by atomic mass is 35.5. The number of hydrogen-bond acceptors (Lipinski definition) is 5. The number of nitrogens with zero attached hydrogens (tertiary/aromatic N) is 1. The Bertz CT molecular complexity index is 1220. The lowest BCUT2D eigenvalue weighted by atomic mass is 10.0. The van der Waals surface area contributed by atoms with Gasteiger partial charge in [-0.15, -0.1) is 0 Å². The zero-order valence-corrected chi connectivity index (χ0v) is 18.6. The normalized spacial score (nSPS) is 13.6. The van der Waals surface area contributed by atoms with E-state index in [1.54, 1.807) is 49.6 Å². The first-order valence-electron chi connectivity index (χ1n) is 9.87. The summed E-state index contributed by atoms with van der Waals surface area (Å²) >= 11 is 6.25. The van der Waals surface area contributed by atoms with Gasteiger partial charge < -0.3 is 14.8 Å². The Hall–Kier alpha value is -3.77. The maximum absolute atomic E-state index is 13.5. The molecule has 2 amide bonds. The van der Waals surface area contributed by atoms with Crippen LogP contribution < -0.4 is 19.7 Å². The minimum Gasteiger partial charge on any atom is -0.497 e. The van der Waals surface area contributed by atoms with E-state index in [-0.39, 0.29) is 11.3 Å². The largest absolute Gasteiger partial charge is 0.497 e. The molecule has 0 aliphatic carbocycles. The van der Waals surface area contributed by atoms with Gasteiger partial charge >= 0.3 is 0 Å². The van der Waals surface area contributed by atoms with Crippen molar-refractivity contribution >= 4 is 40.4 Å². The molecule has 0 spiro atoms. The molecule has 0 radical (unpaired) electrons. The third-order valence-corrected chi connectivity index (χ3v) is 5.47. The smallest absolute Gasteiger partial charge is 0.282 e. The maximum atomic E-state index is 13.5. The van der Waals surface area contributed by atoms with Crippen LogP contribution in [0.5, 0.6) is 11.5 Å². The van der Waals surface area contributed by atoms with Gasteiger partial charge in [0.25, 0.3) is 11.8 Å². The fourth-order valence-corrected chi connectivity index (χ4v) is 3.73. The van der Waals surface area contributed by atoms with Gasteiger partial charge in [0.05, 0.1) is 30.5 Å². The minimum absolute atomic E-state index is 0.191. The molecule has 1 N–H and O–H groups in total. The second-order valence-corrected chi connectivity index (χ2v) is 7.64. The molecule has 3 aromatic rings. The molecule has 0 fully saturated rings. The summed E-state index contributed by atoms with van der Waals surface area (Å²) in [5.41, 5.74) is 3.19.